The first-order chi connectivity index (χ1) is 16.0. The van der Waals surface area contributed by atoms with Gasteiger partial charge in [0.05, 0.1) is 16.2 Å². The molecular formula is C23H24N6O3S. The van der Waals surface area contributed by atoms with E-state index in [4.69, 9.17) is 0 Å². The van der Waals surface area contributed by atoms with E-state index in [-0.39, 0.29) is 5.56 Å². The normalized spacial score (nSPS) is 12.1. The molecule has 0 spiro atoms. The molecule has 2 heterocycles. The highest BCUT2D eigenvalue weighted by Crippen LogP contribution is 2.25. The third-order valence-corrected chi connectivity index (χ3v) is 6.18. The maximum atomic E-state index is 13.0. The minimum Gasteiger partial charge on any atom is -0.308 e. The van der Waals surface area contributed by atoms with Crippen LogP contribution < -0.4 is 16.2 Å². The number of amides is 3. The number of benzene rings is 2. The summed E-state index contributed by atoms with van der Waals surface area (Å²) in [6, 6.07) is 15.5. The van der Waals surface area contributed by atoms with E-state index in [2.05, 4.69) is 27.8 Å². The molecule has 9 nitrogen and oxygen atoms in total. The van der Waals surface area contributed by atoms with Crippen molar-refractivity contribution >= 4 is 46.1 Å². The number of carbonyl (C=O) groups is 2. The molecule has 0 aliphatic rings. The number of aryl methyl sites for hydroxylation is 1. The van der Waals surface area contributed by atoms with Crippen LogP contribution >= 0.6 is 11.8 Å². The number of imide groups is 1. The average molecular weight is 465 g/mol. The van der Waals surface area contributed by atoms with E-state index in [0.29, 0.717) is 34.1 Å². The number of unbranched alkanes of at least 4 members (excludes halogenated alkanes) is 1. The Labute approximate surface area is 194 Å². The van der Waals surface area contributed by atoms with Crippen LogP contribution in [0.3, 0.4) is 0 Å². The SMILES string of the molecule is CCCCn1c(=O)c2ccccc2n2c(SC(C)C(=O)NC(=O)Nc3ccccc3)nnc12. The summed E-state index contributed by atoms with van der Waals surface area (Å²) in [6.07, 6.45) is 1.77. The molecule has 33 heavy (non-hydrogen) atoms. The summed E-state index contributed by atoms with van der Waals surface area (Å²) in [4.78, 5) is 37.8. The topological polar surface area (TPSA) is 110 Å². The third kappa shape index (κ3) is 4.75. The molecule has 0 saturated heterocycles. The van der Waals surface area contributed by atoms with Crippen LogP contribution in [0.1, 0.15) is 26.7 Å². The molecule has 2 N–H and O–H groups in total. The average Bonchev–Trinajstić information content (AvgIpc) is 3.23. The van der Waals surface area contributed by atoms with Gasteiger partial charge in [0.1, 0.15) is 0 Å². The van der Waals surface area contributed by atoms with Crippen molar-refractivity contribution in [1.82, 2.24) is 24.5 Å². The Hall–Kier alpha value is -3.66. The predicted molar refractivity (Wildman–Crippen MR) is 129 cm³/mol. The largest absolute Gasteiger partial charge is 0.325 e. The molecule has 2 aromatic carbocycles. The van der Waals surface area contributed by atoms with Gasteiger partial charge >= 0.3 is 6.03 Å². The van der Waals surface area contributed by atoms with Crippen molar-refractivity contribution in [2.45, 2.75) is 43.6 Å². The zero-order chi connectivity index (χ0) is 23.4. The molecule has 0 aliphatic heterocycles. The Morgan fingerprint density at radius 3 is 2.55 bits per heavy atom. The van der Waals surface area contributed by atoms with Crippen molar-refractivity contribution in [3.05, 3.63) is 65.0 Å². The Bertz CT molecular complexity index is 1370. The van der Waals surface area contributed by atoms with Gasteiger partial charge in [-0.2, -0.15) is 0 Å². The second kappa shape index (κ2) is 9.86. The Kier molecular flexibility index (Phi) is 6.74. The molecule has 0 bridgehead atoms. The zero-order valence-corrected chi connectivity index (χ0v) is 19.1. The van der Waals surface area contributed by atoms with Gasteiger partial charge in [-0.15, -0.1) is 10.2 Å². The van der Waals surface area contributed by atoms with Gasteiger partial charge in [-0.05, 0) is 37.6 Å². The predicted octanol–water partition coefficient (Wildman–Crippen LogP) is 3.67. The smallest absolute Gasteiger partial charge is 0.308 e. The number of para-hydroxylation sites is 2. The molecule has 10 heteroatoms. The lowest BCUT2D eigenvalue weighted by Gasteiger charge is -2.13. The first kappa shape index (κ1) is 22.5. The maximum Gasteiger partial charge on any atom is 0.325 e. The lowest BCUT2D eigenvalue weighted by atomic mass is 10.2. The number of rotatable bonds is 7. The van der Waals surface area contributed by atoms with E-state index in [0.717, 1.165) is 12.8 Å². The molecule has 4 rings (SSSR count). The fourth-order valence-electron chi connectivity index (χ4n) is 3.44. The van der Waals surface area contributed by atoms with Crippen LogP contribution in [0.4, 0.5) is 10.5 Å². The van der Waals surface area contributed by atoms with E-state index in [1.807, 2.05) is 24.3 Å². The monoisotopic (exact) mass is 464 g/mol. The van der Waals surface area contributed by atoms with Crippen LogP contribution in [0.2, 0.25) is 0 Å². The second-order valence-electron chi connectivity index (χ2n) is 7.51. The standard InChI is InChI=1S/C23H24N6O3S/c1-3-4-14-28-20(31)17-12-8-9-13-18(17)29-22(28)26-27-23(29)33-15(2)19(30)25-21(32)24-16-10-6-5-7-11-16/h5-13,15H,3-4,14H2,1-2H3,(H2,24,25,30,32). The van der Waals surface area contributed by atoms with Crippen LogP contribution in [0.25, 0.3) is 16.7 Å². The number of fused-ring (bicyclic) bond motifs is 3. The number of nitrogens with one attached hydrogen (secondary N) is 2. The summed E-state index contributed by atoms with van der Waals surface area (Å²) in [6.45, 7) is 4.27. The summed E-state index contributed by atoms with van der Waals surface area (Å²) >= 11 is 1.17. The second-order valence-corrected chi connectivity index (χ2v) is 8.82. The molecule has 0 radical (unpaired) electrons. The summed E-state index contributed by atoms with van der Waals surface area (Å²) in [7, 11) is 0. The Morgan fingerprint density at radius 2 is 1.79 bits per heavy atom. The van der Waals surface area contributed by atoms with Gasteiger partial charge in [0.15, 0.2) is 5.16 Å². The Morgan fingerprint density at radius 1 is 1.06 bits per heavy atom. The van der Waals surface area contributed by atoms with Crippen molar-refractivity contribution in [2.75, 3.05) is 5.32 Å². The quantitative estimate of drug-likeness (QED) is 0.404. The summed E-state index contributed by atoms with van der Waals surface area (Å²) in [5, 5.41) is 13.9. The number of aromatic nitrogens is 4. The fraction of sp³-hybridized carbons (Fsp3) is 0.261. The van der Waals surface area contributed by atoms with Gasteiger partial charge in [0.2, 0.25) is 11.7 Å². The van der Waals surface area contributed by atoms with E-state index in [1.54, 1.807) is 46.2 Å². The number of hydrogen-bond acceptors (Lipinski definition) is 6. The number of hydrogen-bond donors (Lipinski definition) is 2. The molecule has 0 aliphatic carbocycles. The Balaban J connectivity index is 1.59. The first-order valence-corrected chi connectivity index (χ1v) is 11.6. The van der Waals surface area contributed by atoms with Gasteiger partial charge in [0.25, 0.3) is 5.56 Å². The van der Waals surface area contributed by atoms with Crippen molar-refractivity contribution in [1.29, 1.82) is 0 Å². The highest BCUT2D eigenvalue weighted by molar-refractivity contribution is 8.00. The summed E-state index contributed by atoms with van der Waals surface area (Å²) in [5.74, 6) is -0.0297. The number of thioether (sulfide) groups is 1. The lowest BCUT2D eigenvalue weighted by Crippen LogP contribution is -2.38. The molecule has 4 aromatic rings. The minimum atomic E-state index is -0.631. The van der Waals surface area contributed by atoms with E-state index >= 15 is 0 Å². The molecule has 0 fully saturated rings. The van der Waals surface area contributed by atoms with Gasteiger partial charge in [0, 0.05) is 12.2 Å². The summed E-state index contributed by atoms with van der Waals surface area (Å²) in [5.41, 5.74) is 1.15. The minimum absolute atomic E-state index is 0.112. The van der Waals surface area contributed by atoms with Crippen LogP contribution in [0, 0.1) is 0 Å². The van der Waals surface area contributed by atoms with E-state index in [9.17, 15) is 14.4 Å². The van der Waals surface area contributed by atoms with Crippen molar-refractivity contribution in [3.8, 4) is 0 Å². The summed E-state index contributed by atoms with van der Waals surface area (Å²) < 4.78 is 3.42. The number of anilines is 1. The van der Waals surface area contributed by atoms with Crippen LogP contribution in [0.5, 0.6) is 0 Å². The molecule has 1 unspecified atom stereocenters. The van der Waals surface area contributed by atoms with Crippen LogP contribution in [-0.2, 0) is 11.3 Å². The third-order valence-electron chi connectivity index (χ3n) is 5.13. The molecular weight excluding hydrogens is 440 g/mol. The number of carbonyl (C=O) groups excluding carboxylic acids is 2. The first-order valence-electron chi connectivity index (χ1n) is 10.7. The molecule has 3 amide bonds. The van der Waals surface area contributed by atoms with Gasteiger partial charge in [-0.1, -0.05) is 55.4 Å². The molecule has 170 valence electrons. The van der Waals surface area contributed by atoms with Crippen molar-refractivity contribution in [2.24, 2.45) is 0 Å². The van der Waals surface area contributed by atoms with Gasteiger partial charge in [-0.25, -0.2) is 4.79 Å². The highest BCUT2D eigenvalue weighted by Gasteiger charge is 2.22. The van der Waals surface area contributed by atoms with Crippen molar-refractivity contribution < 1.29 is 9.59 Å². The van der Waals surface area contributed by atoms with Crippen LogP contribution in [0.15, 0.2) is 64.5 Å². The molecule has 2 aromatic heterocycles. The van der Waals surface area contributed by atoms with E-state index in [1.165, 1.54) is 11.8 Å². The fourth-order valence-corrected chi connectivity index (χ4v) is 4.29. The lowest BCUT2D eigenvalue weighted by molar-refractivity contribution is -0.119. The maximum absolute atomic E-state index is 13.0. The zero-order valence-electron chi connectivity index (χ0n) is 18.3. The van der Waals surface area contributed by atoms with Crippen molar-refractivity contribution in [3.63, 3.8) is 0 Å². The van der Waals surface area contributed by atoms with Crippen LogP contribution in [-0.4, -0.2) is 36.4 Å². The number of urea groups is 1. The van der Waals surface area contributed by atoms with Gasteiger partial charge in [-0.3, -0.25) is 23.9 Å². The van der Waals surface area contributed by atoms with E-state index < -0.39 is 17.2 Å². The van der Waals surface area contributed by atoms with Gasteiger partial charge < -0.3 is 5.32 Å². The number of nitrogens with zero attached hydrogens (tertiary/aromatic N) is 4. The highest BCUT2D eigenvalue weighted by atomic mass is 32.2. The molecule has 1 atom stereocenters. The molecule has 0 saturated carbocycles.